The van der Waals surface area contributed by atoms with E-state index in [4.69, 9.17) is 11.6 Å². The number of amides is 1. The molecule has 1 amide bonds. The summed E-state index contributed by atoms with van der Waals surface area (Å²) in [7, 11) is 0. The van der Waals surface area contributed by atoms with Crippen LogP contribution < -0.4 is 5.32 Å². The Balaban J connectivity index is 1.81. The predicted octanol–water partition coefficient (Wildman–Crippen LogP) is 3.71. The second kappa shape index (κ2) is 5.69. The first kappa shape index (κ1) is 14.8. The number of carbonyl (C=O) groups excluding carboxylic acids is 1. The Morgan fingerprint density at radius 1 is 1.21 bits per heavy atom. The molecule has 4 rings (SSSR count). The highest BCUT2D eigenvalue weighted by atomic mass is 35.5. The number of hydrogen-bond donors (Lipinski definition) is 2. The van der Waals surface area contributed by atoms with E-state index in [2.05, 4.69) is 10.3 Å². The van der Waals surface area contributed by atoms with Crippen LogP contribution in [-0.4, -0.2) is 20.6 Å². The maximum Gasteiger partial charge on any atom is 0.226 e. The lowest BCUT2D eigenvalue weighted by Gasteiger charge is -2.23. The summed E-state index contributed by atoms with van der Waals surface area (Å²) >= 11 is 6.07. The van der Waals surface area contributed by atoms with Crippen molar-refractivity contribution >= 4 is 23.3 Å². The fourth-order valence-corrected chi connectivity index (χ4v) is 3.20. The van der Waals surface area contributed by atoms with Gasteiger partial charge in [0.2, 0.25) is 5.91 Å². The Hall–Kier alpha value is -2.79. The summed E-state index contributed by atoms with van der Waals surface area (Å²) in [5, 5.41) is 13.0. The molecular formula is C18H14ClN3O2. The number of phenols is 1. The van der Waals surface area contributed by atoms with Crippen molar-refractivity contribution in [2.75, 3.05) is 5.32 Å². The van der Waals surface area contributed by atoms with Crippen molar-refractivity contribution in [1.29, 1.82) is 0 Å². The van der Waals surface area contributed by atoms with Crippen molar-refractivity contribution < 1.29 is 9.90 Å². The third-order valence-electron chi connectivity index (χ3n) is 4.16. The molecule has 0 spiro atoms. The third-order valence-corrected chi connectivity index (χ3v) is 4.39. The van der Waals surface area contributed by atoms with Crippen LogP contribution in [0.5, 0.6) is 5.75 Å². The smallest absolute Gasteiger partial charge is 0.226 e. The molecule has 0 saturated heterocycles. The molecule has 0 radical (unpaired) electrons. The van der Waals surface area contributed by atoms with Crippen molar-refractivity contribution in [3.8, 4) is 11.4 Å². The van der Waals surface area contributed by atoms with Gasteiger partial charge >= 0.3 is 0 Å². The maximum atomic E-state index is 12.2. The molecule has 1 aromatic heterocycles. The Morgan fingerprint density at radius 3 is 2.75 bits per heavy atom. The molecule has 1 aliphatic rings. The largest absolute Gasteiger partial charge is 0.508 e. The molecule has 1 unspecified atom stereocenters. The minimum Gasteiger partial charge on any atom is -0.508 e. The van der Waals surface area contributed by atoms with Crippen LogP contribution in [0, 0.1) is 0 Å². The lowest BCUT2D eigenvalue weighted by molar-refractivity contribution is -0.116. The highest BCUT2D eigenvalue weighted by Crippen LogP contribution is 2.37. The molecule has 6 heteroatoms. The van der Waals surface area contributed by atoms with Crippen molar-refractivity contribution in [3.63, 3.8) is 0 Å². The standard InChI is InChI=1S/C18H14ClN3O2/c19-12-2-1-3-13(8-12)22-10-20-17-15(9-16(24)21-18(17)22)11-4-6-14(23)7-5-11/h1-8,10,15,23H,9H2,(H,21,24). The second-order valence-corrected chi connectivity index (χ2v) is 6.16. The molecule has 5 nitrogen and oxygen atoms in total. The van der Waals surface area contributed by atoms with Crippen LogP contribution in [0.15, 0.2) is 54.9 Å². The van der Waals surface area contributed by atoms with E-state index in [0.29, 0.717) is 17.3 Å². The van der Waals surface area contributed by atoms with Gasteiger partial charge in [0.05, 0.1) is 5.69 Å². The number of aromatic nitrogens is 2. The van der Waals surface area contributed by atoms with Gasteiger partial charge in [0.15, 0.2) is 0 Å². The molecule has 2 N–H and O–H groups in total. The van der Waals surface area contributed by atoms with E-state index >= 15 is 0 Å². The molecule has 0 saturated carbocycles. The number of halogens is 1. The molecule has 0 fully saturated rings. The van der Waals surface area contributed by atoms with Gasteiger partial charge in [-0.2, -0.15) is 0 Å². The second-order valence-electron chi connectivity index (χ2n) is 5.72. The Bertz CT molecular complexity index is 918. The van der Waals surface area contributed by atoms with Crippen LogP contribution in [0.25, 0.3) is 5.69 Å². The summed E-state index contributed by atoms with van der Waals surface area (Å²) < 4.78 is 1.83. The summed E-state index contributed by atoms with van der Waals surface area (Å²) in [6.07, 6.45) is 2.01. The minimum atomic E-state index is -0.144. The van der Waals surface area contributed by atoms with Gasteiger partial charge in [-0.15, -0.1) is 0 Å². The van der Waals surface area contributed by atoms with Crippen molar-refractivity contribution in [2.24, 2.45) is 0 Å². The number of benzene rings is 2. The van der Waals surface area contributed by atoms with Crippen LogP contribution in [0.4, 0.5) is 5.82 Å². The van der Waals surface area contributed by atoms with E-state index in [1.165, 1.54) is 0 Å². The topological polar surface area (TPSA) is 67.1 Å². The van der Waals surface area contributed by atoms with E-state index in [-0.39, 0.29) is 17.6 Å². The summed E-state index contributed by atoms with van der Waals surface area (Å²) in [6, 6.07) is 14.3. The molecule has 1 atom stereocenters. The summed E-state index contributed by atoms with van der Waals surface area (Å²) in [6.45, 7) is 0. The number of aromatic hydroxyl groups is 1. The fraction of sp³-hybridized carbons (Fsp3) is 0.111. The van der Waals surface area contributed by atoms with Crippen molar-refractivity contribution in [2.45, 2.75) is 12.3 Å². The van der Waals surface area contributed by atoms with Crippen LogP contribution in [-0.2, 0) is 4.79 Å². The molecule has 24 heavy (non-hydrogen) atoms. The highest BCUT2D eigenvalue weighted by molar-refractivity contribution is 6.30. The molecule has 1 aliphatic heterocycles. The Morgan fingerprint density at radius 2 is 2.00 bits per heavy atom. The number of fused-ring (bicyclic) bond motifs is 1. The number of phenolic OH excluding ortho intramolecular Hbond substituents is 1. The van der Waals surface area contributed by atoms with Crippen LogP contribution >= 0.6 is 11.6 Å². The molecule has 2 aromatic carbocycles. The molecule has 0 bridgehead atoms. The SMILES string of the molecule is O=C1CC(c2ccc(O)cc2)c2ncn(-c3cccc(Cl)c3)c2N1. The summed E-state index contributed by atoms with van der Waals surface area (Å²) in [5.41, 5.74) is 2.59. The van der Waals surface area contributed by atoms with Gasteiger partial charge in [-0.1, -0.05) is 29.8 Å². The Labute approximate surface area is 143 Å². The van der Waals surface area contributed by atoms with Gasteiger partial charge in [0.1, 0.15) is 17.9 Å². The molecule has 120 valence electrons. The maximum absolute atomic E-state index is 12.2. The molecule has 2 heterocycles. The first-order valence-corrected chi connectivity index (χ1v) is 7.91. The summed E-state index contributed by atoms with van der Waals surface area (Å²) in [4.78, 5) is 16.7. The zero-order valence-corrected chi connectivity index (χ0v) is 13.4. The minimum absolute atomic E-state index is 0.0654. The van der Waals surface area contributed by atoms with Crippen molar-refractivity contribution in [1.82, 2.24) is 9.55 Å². The first-order valence-electron chi connectivity index (χ1n) is 7.54. The van der Waals surface area contributed by atoms with Crippen LogP contribution in [0.2, 0.25) is 5.02 Å². The number of nitrogens with zero attached hydrogens (tertiary/aromatic N) is 2. The van der Waals surface area contributed by atoms with E-state index in [0.717, 1.165) is 16.9 Å². The monoisotopic (exact) mass is 339 g/mol. The third kappa shape index (κ3) is 2.53. The van der Waals surface area contributed by atoms with E-state index < -0.39 is 0 Å². The van der Waals surface area contributed by atoms with Crippen LogP contribution in [0.3, 0.4) is 0 Å². The van der Waals surface area contributed by atoms with Crippen LogP contribution in [0.1, 0.15) is 23.6 Å². The number of rotatable bonds is 2. The van der Waals surface area contributed by atoms with Gasteiger partial charge in [0.25, 0.3) is 0 Å². The molecule has 3 aromatic rings. The number of nitrogens with one attached hydrogen (secondary N) is 1. The number of anilines is 1. The van der Waals surface area contributed by atoms with Gasteiger partial charge in [0, 0.05) is 23.0 Å². The average molecular weight is 340 g/mol. The van der Waals surface area contributed by atoms with Gasteiger partial charge in [-0.3, -0.25) is 9.36 Å². The molecular weight excluding hydrogens is 326 g/mol. The average Bonchev–Trinajstić information content (AvgIpc) is 2.98. The predicted molar refractivity (Wildman–Crippen MR) is 91.8 cm³/mol. The summed E-state index contributed by atoms with van der Waals surface area (Å²) in [5.74, 6) is 0.648. The number of imidazole rings is 1. The Kier molecular flexibility index (Phi) is 3.50. The quantitative estimate of drug-likeness (QED) is 0.748. The lowest BCUT2D eigenvalue weighted by atomic mass is 9.90. The highest BCUT2D eigenvalue weighted by Gasteiger charge is 2.30. The zero-order chi connectivity index (χ0) is 16.7. The van der Waals surface area contributed by atoms with Gasteiger partial charge < -0.3 is 10.4 Å². The van der Waals surface area contributed by atoms with E-state index in [1.807, 2.05) is 34.9 Å². The lowest BCUT2D eigenvalue weighted by Crippen LogP contribution is -2.24. The van der Waals surface area contributed by atoms with Gasteiger partial charge in [-0.05, 0) is 35.9 Å². The van der Waals surface area contributed by atoms with Crippen molar-refractivity contribution in [3.05, 3.63) is 71.1 Å². The van der Waals surface area contributed by atoms with Gasteiger partial charge in [-0.25, -0.2) is 4.98 Å². The van der Waals surface area contributed by atoms with E-state index in [9.17, 15) is 9.90 Å². The number of carbonyl (C=O) groups is 1. The fourth-order valence-electron chi connectivity index (χ4n) is 3.01. The van der Waals surface area contributed by atoms with E-state index in [1.54, 1.807) is 24.5 Å². The number of hydrogen-bond acceptors (Lipinski definition) is 3. The molecule has 0 aliphatic carbocycles. The normalized spacial score (nSPS) is 16.5. The zero-order valence-electron chi connectivity index (χ0n) is 12.6. The first-order chi connectivity index (χ1) is 11.6.